The zero-order valence-electron chi connectivity index (χ0n) is 15.2. The van der Waals surface area contributed by atoms with E-state index >= 15 is 0 Å². The van der Waals surface area contributed by atoms with Crippen molar-refractivity contribution in [2.24, 2.45) is 0 Å². The van der Waals surface area contributed by atoms with E-state index in [-0.39, 0.29) is 0 Å². The average molecular weight is 419 g/mol. The van der Waals surface area contributed by atoms with Crippen molar-refractivity contribution < 1.29 is 14.0 Å². The van der Waals surface area contributed by atoms with Gasteiger partial charge in [0.05, 0.1) is 29.9 Å². The topological polar surface area (TPSA) is 47.7 Å². The van der Waals surface area contributed by atoms with Crippen LogP contribution in [0.3, 0.4) is 0 Å². The fraction of sp³-hybridized carbons (Fsp3) is 0.286. The summed E-state index contributed by atoms with van der Waals surface area (Å²) in [5.74, 6) is 0.658. The fourth-order valence-electron chi connectivity index (χ4n) is 3.07. The average Bonchev–Trinajstić information content (AvgIpc) is 3.20. The Morgan fingerprint density at radius 1 is 0.929 bits per heavy atom. The van der Waals surface area contributed by atoms with Crippen molar-refractivity contribution in [1.29, 1.82) is 0 Å². The van der Waals surface area contributed by atoms with Gasteiger partial charge >= 0.3 is 0 Å². The number of hydrogen-bond donors (Lipinski definition) is 0. The van der Waals surface area contributed by atoms with Crippen molar-refractivity contribution in [2.45, 2.75) is 13.2 Å². The summed E-state index contributed by atoms with van der Waals surface area (Å²) in [5.41, 5.74) is 3.88. The fourth-order valence-corrected chi connectivity index (χ4v) is 3.36. The lowest BCUT2D eigenvalue weighted by atomic mass is 10.1. The van der Waals surface area contributed by atoms with Crippen LogP contribution >= 0.6 is 23.2 Å². The molecule has 7 heteroatoms. The lowest BCUT2D eigenvalue weighted by molar-refractivity contribution is 0.0884. The van der Waals surface area contributed by atoms with Gasteiger partial charge in [0, 0.05) is 30.4 Å². The molecule has 3 aromatic rings. The molecule has 146 valence electrons. The third-order valence-corrected chi connectivity index (χ3v) is 5.34. The lowest BCUT2D eigenvalue weighted by Gasteiger charge is -2.28. The van der Waals surface area contributed by atoms with Gasteiger partial charge in [-0.3, -0.25) is 0 Å². The predicted molar refractivity (Wildman–Crippen MR) is 110 cm³/mol. The predicted octanol–water partition coefficient (Wildman–Crippen LogP) is 5.20. The van der Waals surface area contributed by atoms with Gasteiger partial charge in [-0.1, -0.05) is 46.6 Å². The summed E-state index contributed by atoms with van der Waals surface area (Å²) in [6, 6.07) is 15.6. The molecular weight excluding hydrogens is 399 g/mol. The molecule has 0 bridgehead atoms. The Morgan fingerprint density at radius 3 is 2.46 bits per heavy atom. The Kier molecular flexibility index (Phi) is 6.17. The smallest absolute Gasteiger partial charge is 0.163 e. The van der Waals surface area contributed by atoms with Crippen LogP contribution in [-0.4, -0.2) is 31.5 Å². The molecule has 0 amide bonds. The maximum atomic E-state index is 6.06. The van der Waals surface area contributed by atoms with E-state index in [1.807, 2.05) is 12.1 Å². The summed E-state index contributed by atoms with van der Waals surface area (Å²) in [7, 11) is 0. The number of anilines is 1. The van der Waals surface area contributed by atoms with Crippen LogP contribution in [0.5, 0.6) is 0 Å². The van der Waals surface area contributed by atoms with E-state index in [1.165, 1.54) is 5.69 Å². The van der Waals surface area contributed by atoms with Gasteiger partial charge in [0.1, 0.15) is 12.3 Å². The minimum absolute atomic E-state index is 0.347. The first-order valence-corrected chi connectivity index (χ1v) is 9.85. The SMILES string of the molecule is Clc1ccc(-c2cc(COCc3ccc(N4CCOCC4)cc3)on2)cc1Cl. The second-order valence-electron chi connectivity index (χ2n) is 6.57. The van der Waals surface area contributed by atoms with E-state index in [0.717, 1.165) is 37.4 Å². The molecule has 0 atom stereocenters. The Labute approximate surface area is 173 Å². The highest BCUT2D eigenvalue weighted by atomic mass is 35.5. The number of ether oxygens (including phenoxy) is 2. The summed E-state index contributed by atoms with van der Waals surface area (Å²) < 4.78 is 16.5. The molecule has 1 aromatic heterocycles. The minimum Gasteiger partial charge on any atom is -0.378 e. The van der Waals surface area contributed by atoms with Crippen LogP contribution in [0.2, 0.25) is 10.0 Å². The number of halogens is 2. The van der Waals surface area contributed by atoms with Gasteiger partial charge in [-0.2, -0.15) is 0 Å². The largest absolute Gasteiger partial charge is 0.378 e. The zero-order chi connectivity index (χ0) is 19.3. The van der Waals surface area contributed by atoms with Crippen LogP contribution in [0.25, 0.3) is 11.3 Å². The molecule has 0 radical (unpaired) electrons. The molecule has 0 unspecified atom stereocenters. The molecule has 0 aliphatic carbocycles. The van der Waals surface area contributed by atoms with Crippen molar-refractivity contribution in [3.8, 4) is 11.3 Å². The molecular formula is C21H20Cl2N2O3. The molecule has 1 aliphatic rings. The summed E-state index contributed by atoms with van der Waals surface area (Å²) in [6.07, 6.45) is 0. The van der Waals surface area contributed by atoms with E-state index in [0.29, 0.717) is 34.7 Å². The zero-order valence-corrected chi connectivity index (χ0v) is 16.7. The molecule has 1 saturated heterocycles. The standard InChI is InChI=1S/C21H20Cl2N2O3/c22-19-6-3-16(11-20(19)23)21-12-18(28-24-21)14-27-13-15-1-4-17(5-2-15)25-7-9-26-10-8-25/h1-6,11-12H,7-10,13-14H2. The maximum absolute atomic E-state index is 6.06. The molecule has 2 heterocycles. The molecule has 5 nitrogen and oxygen atoms in total. The Morgan fingerprint density at radius 2 is 1.71 bits per heavy atom. The number of morpholine rings is 1. The number of rotatable bonds is 6. The number of hydrogen-bond acceptors (Lipinski definition) is 5. The van der Waals surface area contributed by atoms with Gasteiger partial charge in [0.15, 0.2) is 5.76 Å². The number of aromatic nitrogens is 1. The van der Waals surface area contributed by atoms with Gasteiger partial charge in [-0.25, -0.2) is 0 Å². The van der Waals surface area contributed by atoms with E-state index in [2.05, 4.69) is 34.3 Å². The van der Waals surface area contributed by atoms with Gasteiger partial charge in [0.25, 0.3) is 0 Å². The molecule has 0 spiro atoms. The van der Waals surface area contributed by atoms with Crippen LogP contribution in [0.1, 0.15) is 11.3 Å². The van der Waals surface area contributed by atoms with Crippen molar-refractivity contribution >= 4 is 28.9 Å². The molecule has 1 aliphatic heterocycles. The number of nitrogens with zero attached hydrogens (tertiary/aromatic N) is 2. The Bertz CT molecular complexity index is 922. The van der Waals surface area contributed by atoms with E-state index in [1.54, 1.807) is 12.1 Å². The van der Waals surface area contributed by atoms with E-state index in [9.17, 15) is 0 Å². The van der Waals surface area contributed by atoms with Crippen molar-refractivity contribution in [3.05, 3.63) is 69.9 Å². The first kappa shape index (κ1) is 19.3. The first-order valence-electron chi connectivity index (χ1n) is 9.09. The summed E-state index contributed by atoms with van der Waals surface area (Å²) in [4.78, 5) is 2.33. The van der Waals surface area contributed by atoms with Crippen molar-refractivity contribution in [2.75, 3.05) is 31.2 Å². The maximum Gasteiger partial charge on any atom is 0.163 e. The van der Waals surface area contributed by atoms with Crippen LogP contribution in [0.15, 0.2) is 53.1 Å². The highest BCUT2D eigenvalue weighted by Crippen LogP contribution is 2.28. The lowest BCUT2D eigenvalue weighted by Crippen LogP contribution is -2.36. The Balaban J connectivity index is 1.30. The van der Waals surface area contributed by atoms with E-state index in [4.69, 9.17) is 37.2 Å². The molecule has 1 fully saturated rings. The van der Waals surface area contributed by atoms with Crippen LogP contribution in [0, 0.1) is 0 Å². The van der Waals surface area contributed by atoms with Gasteiger partial charge in [-0.15, -0.1) is 0 Å². The first-order chi connectivity index (χ1) is 13.7. The second-order valence-corrected chi connectivity index (χ2v) is 7.38. The summed E-state index contributed by atoms with van der Waals surface area (Å²) in [5, 5.41) is 5.07. The second kappa shape index (κ2) is 8.97. The number of benzene rings is 2. The third kappa shape index (κ3) is 4.67. The highest BCUT2D eigenvalue weighted by Gasteiger charge is 2.11. The molecule has 2 aromatic carbocycles. The van der Waals surface area contributed by atoms with Gasteiger partial charge in [-0.05, 0) is 29.8 Å². The quantitative estimate of drug-likeness (QED) is 0.550. The van der Waals surface area contributed by atoms with E-state index < -0.39 is 0 Å². The Hall–Kier alpha value is -2.05. The van der Waals surface area contributed by atoms with Crippen molar-refractivity contribution in [1.82, 2.24) is 5.16 Å². The van der Waals surface area contributed by atoms with Crippen molar-refractivity contribution in [3.63, 3.8) is 0 Å². The summed E-state index contributed by atoms with van der Waals surface area (Å²) >= 11 is 12.0. The van der Waals surface area contributed by atoms with Crippen LogP contribution < -0.4 is 4.90 Å². The molecule has 0 saturated carbocycles. The van der Waals surface area contributed by atoms with Gasteiger partial charge in [0.2, 0.25) is 0 Å². The van der Waals surface area contributed by atoms with Gasteiger partial charge < -0.3 is 18.9 Å². The normalized spacial score (nSPS) is 14.4. The van der Waals surface area contributed by atoms with Crippen LogP contribution in [0.4, 0.5) is 5.69 Å². The highest BCUT2D eigenvalue weighted by molar-refractivity contribution is 6.42. The molecule has 28 heavy (non-hydrogen) atoms. The molecule has 0 N–H and O–H groups in total. The monoisotopic (exact) mass is 418 g/mol. The van der Waals surface area contributed by atoms with Crippen LogP contribution in [-0.2, 0) is 22.7 Å². The third-order valence-electron chi connectivity index (χ3n) is 4.60. The summed E-state index contributed by atoms with van der Waals surface area (Å²) in [6.45, 7) is 4.29. The molecule has 4 rings (SSSR count). The minimum atomic E-state index is 0.347.